The Hall–Kier alpha value is -0.780. The van der Waals surface area contributed by atoms with E-state index < -0.39 is 0 Å². The number of fused-ring (bicyclic) bond motifs is 3. The van der Waals surface area contributed by atoms with Gasteiger partial charge in [-0.15, -0.1) is 0 Å². The molecule has 4 rings (SSSR count). The van der Waals surface area contributed by atoms with E-state index in [-0.39, 0.29) is 0 Å². The van der Waals surface area contributed by atoms with E-state index in [9.17, 15) is 0 Å². The van der Waals surface area contributed by atoms with Crippen LogP contribution in [0, 0.1) is 36.0 Å². The van der Waals surface area contributed by atoms with Gasteiger partial charge in [0.15, 0.2) is 0 Å². The summed E-state index contributed by atoms with van der Waals surface area (Å²) in [5.74, 6) is 4.82. The molecule has 3 fully saturated rings. The van der Waals surface area contributed by atoms with Crippen molar-refractivity contribution in [2.24, 2.45) is 29.1 Å². The SMILES string of the molecule is Cc1ccccc1C1C[C@H]2CC3CCCC3[C@@]2(C)[C@@H](C)C1. The molecule has 3 unspecified atom stereocenters. The minimum absolute atomic E-state index is 0.653. The number of hydrogen-bond donors (Lipinski definition) is 0. The molecule has 3 aliphatic carbocycles. The summed E-state index contributed by atoms with van der Waals surface area (Å²) in [6, 6.07) is 9.13. The van der Waals surface area contributed by atoms with Crippen LogP contribution < -0.4 is 0 Å². The lowest BCUT2D eigenvalue weighted by Crippen LogP contribution is -2.41. The monoisotopic (exact) mass is 282 g/mol. The van der Waals surface area contributed by atoms with E-state index in [1.54, 1.807) is 5.56 Å². The molecule has 114 valence electrons. The highest BCUT2D eigenvalue weighted by Crippen LogP contribution is 2.66. The fourth-order valence-corrected chi connectivity index (χ4v) is 6.60. The Balaban J connectivity index is 1.64. The maximum atomic E-state index is 2.66. The van der Waals surface area contributed by atoms with E-state index in [1.165, 1.54) is 44.1 Å². The number of hydrogen-bond acceptors (Lipinski definition) is 0. The number of benzene rings is 1. The molecule has 0 amide bonds. The van der Waals surface area contributed by atoms with Crippen molar-refractivity contribution in [2.75, 3.05) is 0 Å². The van der Waals surface area contributed by atoms with E-state index in [0.717, 1.165) is 29.6 Å². The largest absolute Gasteiger partial charge is 0.0620 e. The van der Waals surface area contributed by atoms with E-state index >= 15 is 0 Å². The van der Waals surface area contributed by atoms with Crippen molar-refractivity contribution in [1.29, 1.82) is 0 Å². The molecule has 0 bridgehead atoms. The summed E-state index contributed by atoms with van der Waals surface area (Å²) in [4.78, 5) is 0. The first-order valence-corrected chi connectivity index (χ1v) is 9.16. The van der Waals surface area contributed by atoms with Crippen LogP contribution in [0.15, 0.2) is 24.3 Å². The van der Waals surface area contributed by atoms with Crippen molar-refractivity contribution >= 4 is 0 Å². The van der Waals surface area contributed by atoms with Gasteiger partial charge in [0, 0.05) is 0 Å². The molecule has 0 nitrogen and oxygen atoms in total. The van der Waals surface area contributed by atoms with Gasteiger partial charge in [0.05, 0.1) is 0 Å². The van der Waals surface area contributed by atoms with E-state index in [2.05, 4.69) is 45.0 Å². The second-order valence-corrected chi connectivity index (χ2v) is 8.52. The first-order chi connectivity index (χ1) is 10.1. The molecule has 1 aromatic carbocycles. The van der Waals surface area contributed by atoms with Crippen LogP contribution in [-0.2, 0) is 0 Å². The van der Waals surface area contributed by atoms with Crippen LogP contribution in [0.4, 0.5) is 0 Å². The molecule has 0 aliphatic heterocycles. The zero-order valence-corrected chi connectivity index (χ0v) is 13.9. The third kappa shape index (κ3) is 1.94. The summed E-state index contributed by atoms with van der Waals surface area (Å²) in [6.45, 7) is 7.53. The van der Waals surface area contributed by atoms with Crippen LogP contribution >= 0.6 is 0 Å². The highest BCUT2D eigenvalue weighted by molar-refractivity contribution is 5.30. The lowest BCUT2D eigenvalue weighted by Gasteiger charge is -2.49. The highest BCUT2D eigenvalue weighted by atomic mass is 14.6. The van der Waals surface area contributed by atoms with E-state index in [0.29, 0.717) is 5.41 Å². The Morgan fingerprint density at radius 1 is 1.05 bits per heavy atom. The molecule has 6 atom stereocenters. The molecule has 0 spiro atoms. The van der Waals surface area contributed by atoms with Crippen molar-refractivity contribution in [1.82, 2.24) is 0 Å². The van der Waals surface area contributed by atoms with Crippen LogP contribution in [-0.4, -0.2) is 0 Å². The molecule has 3 aliphatic rings. The van der Waals surface area contributed by atoms with Gasteiger partial charge in [-0.2, -0.15) is 0 Å². The van der Waals surface area contributed by atoms with Gasteiger partial charge >= 0.3 is 0 Å². The minimum Gasteiger partial charge on any atom is -0.0620 e. The van der Waals surface area contributed by atoms with Gasteiger partial charge in [-0.05, 0) is 78.7 Å². The normalized spacial score (nSPS) is 45.4. The first kappa shape index (κ1) is 13.9. The number of rotatable bonds is 1. The summed E-state index contributed by atoms with van der Waals surface area (Å²) in [6.07, 6.45) is 8.97. The van der Waals surface area contributed by atoms with Crippen LogP contribution in [0.25, 0.3) is 0 Å². The fraction of sp³-hybridized carbons (Fsp3) is 0.714. The van der Waals surface area contributed by atoms with Crippen LogP contribution in [0.2, 0.25) is 0 Å². The Bertz CT molecular complexity index is 531. The summed E-state index contributed by atoms with van der Waals surface area (Å²) in [7, 11) is 0. The second-order valence-electron chi connectivity index (χ2n) is 8.52. The van der Waals surface area contributed by atoms with Gasteiger partial charge < -0.3 is 0 Å². The zero-order valence-electron chi connectivity index (χ0n) is 13.9. The first-order valence-electron chi connectivity index (χ1n) is 9.16. The third-order valence-electron chi connectivity index (χ3n) is 7.82. The highest BCUT2D eigenvalue weighted by Gasteiger charge is 2.57. The molecule has 0 heteroatoms. The smallest absolute Gasteiger partial charge is 0.0154 e. The average molecular weight is 282 g/mol. The third-order valence-corrected chi connectivity index (χ3v) is 7.82. The topological polar surface area (TPSA) is 0 Å². The Labute approximate surface area is 130 Å². The quantitative estimate of drug-likeness (QED) is 0.597. The maximum absolute atomic E-state index is 2.66. The lowest BCUT2D eigenvalue weighted by atomic mass is 9.56. The Kier molecular flexibility index (Phi) is 3.21. The van der Waals surface area contributed by atoms with Crippen molar-refractivity contribution in [3.8, 4) is 0 Å². The van der Waals surface area contributed by atoms with Crippen LogP contribution in [0.1, 0.15) is 69.4 Å². The molecule has 0 radical (unpaired) electrons. The van der Waals surface area contributed by atoms with Crippen molar-refractivity contribution in [2.45, 2.75) is 65.2 Å². The van der Waals surface area contributed by atoms with Gasteiger partial charge in [0.25, 0.3) is 0 Å². The lowest BCUT2D eigenvalue weighted by molar-refractivity contribution is 0.0231. The van der Waals surface area contributed by atoms with Crippen LogP contribution in [0.3, 0.4) is 0 Å². The number of aryl methyl sites for hydroxylation is 1. The van der Waals surface area contributed by atoms with Crippen molar-refractivity contribution in [3.05, 3.63) is 35.4 Å². The summed E-state index contributed by atoms with van der Waals surface area (Å²) in [5.41, 5.74) is 3.81. The summed E-state index contributed by atoms with van der Waals surface area (Å²) in [5, 5.41) is 0. The summed E-state index contributed by atoms with van der Waals surface area (Å²) < 4.78 is 0. The Morgan fingerprint density at radius 3 is 2.67 bits per heavy atom. The molecule has 1 aromatic rings. The Morgan fingerprint density at radius 2 is 1.86 bits per heavy atom. The predicted octanol–water partition coefficient (Wildman–Crippen LogP) is 5.95. The van der Waals surface area contributed by atoms with Gasteiger partial charge in [-0.1, -0.05) is 51.0 Å². The van der Waals surface area contributed by atoms with Crippen LogP contribution in [0.5, 0.6) is 0 Å². The molecule has 21 heavy (non-hydrogen) atoms. The van der Waals surface area contributed by atoms with Gasteiger partial charge in [-0.3, -0.25) is 0 Å². The standard InChI is InChI=1S/C21H30/c1-14-7-4-5-9-19(14)17-11-15(2)21(3)18(13-17)12-16-8-6-10-20(16)21/h4-5,7,9,15-18,20H,6,8,10-13H2,1-3H3/t15-,16?,17?,18+,20?,21-/m0/s1. The van der Waals surface area contributed by atoms with E-state index in [1.807, 2.05) is 0 Å². The van der Waals surface area contributed by atoms with Gasteiger partial charge in [0.2, 0.25) is 0 Å². The maximum Gasteiger partial charge on any atom is -0.0154 e. The molecule has 0 saturated heterocycles. The summed E-state index contributed by atoms with van der Waals surface area (Å²) >= 11 is 0. The van der Waals surface area contributed by atoms with E-state index in [4.69, 9.17) is 0 Å². The zero-order chi connectivity index (χ0) is 14.6. The van der Waals surface area contributed by atoms with Crippen molar-refractivity contribution in [3.63, 3.8) is 0 Å². The predicted molar refractivity (Wildman–Crippen MR) is 89.4 cm³/mol. The molecule has 0 heterocycles. The molecule has 3 saturated carbocycles. The fourth-order valence-electron chi connectivity index (χ4n) is 6.60. The molecule has 0 N–H and O–H groups in total. The molecular formula is C21H30. The van der Waals surface area contributed by atoms with Gasteiger partial charge in [0.1, 0.15) is 0 Å². The van der Waals surface area contributed by atoms with Gasteiger partial charge in [-0.25, -0.2) is 0 Å². The average Bonchev–Trinajstić information content (AvgIpc) is 3.02. The van der Waals surface area contributed by atoms with Crippen molar-refractivity contribution < 1.29 is 0 Å². The minimum atomic E-state index is 0.653. The molecule has 0 aromatic heterocycles. The second kappa shape index (κ2) is 4.86. The molecular weight excluding hydrogens is 252 g/mol.